The van der Waals surface area contributed by atoms with Crippen molar-refractivity contribution in [3.8, 4) is 5.75 Å². The summed E-state index contributed by atoms with van der Waals surface area (Å²) in [7, 11) is 3.70. The van der Waals surface area contributed by atoms with Gasteiger partial charge in [-0.15, -0.1) is 0 Å². The van der Waals surface area contributed by atoms with Crippen LogP contribution in [0.4, 0.5) is 17.5 Å². The molecule has 0 aliphatic rings. The van der Waals surface area contributed by atoms with E-state index < -0.39 is 0 Å². The predicted octanol–water partition coefficient (Wildman–Crippen LogP) is 3.44. The number of methoxy groups -OCH3 is 1. The predicted molar refractivity (Wildman–Crippen MR) is 104 cm³/mol. The molecule has 0 saturated carbocycles. The first-order valence-electron chi connectivity index (χ1n) is 8.39. The Morgan fingerprint density at radius 2 is 1.81 bits per heavy atom. The molecule has 6 nitrogen and oxygen atoms in total. The minimum absolute atomic E-state index is 0.251. The van der Waals surface area contributed by atoms with Crippen molar-refractivity contribution in [3.63, 3.8) is 0 Å². The van der Waals surface area contributed by atoms with Gasteiger partial charge in [0.2, 0.25) is 5.95 Å². The molecule has 0 spiro atoms. The van der Waals surface area contributed by atoms with E-state index in [0.29, 0.717) is 12.4 Å². The van der Waals surface area contributed by atoms with Crippen molar-refractivity contribution >= 4 is 17.5 Å². The van der Waals surface area contributed by atoms with Crippen LogP contribution in [0.5, 0.6) is 5.75 Å². The van der Waals surface area contributed by atoms with Gasteiger partial charge < -0.3 is 15.8 Å². The SMILES string of the molecule is COc1cccc(Nc2cc(CN(C)Cc3ccccc3)nc(N)n2)c1. The molecule has 3 N–H and O–H groups in total. The Labute approximate surface area is 153 Å². The smallest absolute Gasteiger partial charge is 0.222 e. The Balaban J connectivity index is 1.70. The number of ether oxygens (including phenoxy) is 1. The second-order valence-electron chi connectivity index (χ2n) is 6.12. The number of nitrogens with two attached hydrogens (primary N) is 1. The summed E-state index contributed by atoms with van der Waals surface area (Å²) >= 11 is 0. The van der Waals surface area contributed by atoms with Gasteiger partial charge in [-0.05, 0) is 24.7 Å². The number of anilines is 3. The Morgan fingerprint density at radius 3 is 2.58 bits per heavy atom. The summed E-state index contributed by atoms with van der Waals surface area (Å²) in [4.78, 5) is 10.8. The number of hydrogen-bond acceptors (Lipinski definition) is 6. The zero-order chi connectivity index (χ0) is 18.4. The van der Waals surface area contributed by atoms with Crippen LogP contribution in [0.25, 0.3) is 0 Å². The van der Waals surface area contributed by atoms with Gasteiger partial charge in [-0.2, -0.15) is 4.98 Å². The zero-order valence-corrected chi connectivity index (χ0v) is 15.0. The maximum absolute atomic E-state index is 5.89. The van der Waals surface area contributed by atoms with E-state index in [1.54, 1.807) is 7.11 Å². The van der Waals surface area contributed by atoms with Gasteiger partial charge in [-0.1, -0.05) is 36.4 Å². The van der Waals surface area contributed by atoms with Crippen LogP contribution in [0, 0.1) is 0 Å². The standard InChI is InChI=1S/C20H23N5O/c1-25(13-15-7-4-3-5-8-15)14-17-12-19(24-20(21)23-17)22-16-9-6-10-18(11-16)26-2/h3-12H,13-14H2,1-2H3,(H3,21,22,23,24). The van der Waals surface area contributed by atoms with E-state index in [0.717, 1.165) is 23.7 Å². The molecule has 0 aliphatic carbocycles. The van der Waals surface area contributed by atoms with Crippen molar-refractivity contribution in [2.24, 2.45) is 0 Å². The first-order chi connectivity index (χ1) is 12.6. The lowest BCUT2D eigenvalue weighted by atomic mass is 10.2. The molecule has 26 heavy (non-hydrogen) atoms. The van der Waals surface area contributed by atoms with E-state index in [-0.39, 0.29) is 5.95 Å². The molecular formula is C20H23N5O. The molecule has 3 aromatic rings. The molecule has 1 aromatic heterocycles. The van der Waals surface area contributed by atoms with Crippen molar-refractivity contribution in [1.29, 1.82) is 0 Å². The van der Waals surface area contributed by atoms with Crippen LogP contribution in [-0.4, -0.2) is 29.0 Å². The third-order valence-electron chi connectivity index (χ3n) is 3.87. The van der Waals surface area contributed by atoms with Gasteiger partial charge in [0, 0.05) is 30.9 Å². The van der Waals surface area contributed by atoms with Crippen molar-refractivity contribution in [1.82, 2.24) is 14.9 Å². The van der Waals surface area contributed by atoms with E-state index in [2.05, 4.69) is 39.4 Å². The number of benzene rings is 2. The Bertz CT molecular complexity index is 854. The molecule has 0 unspecified atom stereocenters. The highest BCUT2D eigenvalue weighted by atomic mass is 16.5. The molecule has 3 rings (SSSR count). The molecule has 0 fully saturated rings. The highest BCUT2D eigenvalue weighted by molar-refractivity contribution is 5.59. The third-order valence-corrected chi connectivity index (χ3v) is 3.87. The first-order valence-corrected chi connectivity index (χ1v) is 8.39. The van der Waals surface area contributed by atoms with Crippen LogP contribution in [0.2, 0.25) is 0 Å². The molecule has 0 amide bonds. The van der Waals surface area contributed by atoms with Crippen LogP contribution >= 0.6 is 0 Å². The topological polar surface area (TPSA) is 76.3 Å². The second kappa shape index (κ2) is 8.31. The molecule has 0 atom stereocenters. The molecule has 134 valence electrons. The van der Waals surface area contributed by atoms with E-state index in [4.69, 9.17) is 10.5 Å². The fourth-order valence-corrected chi connectivity index (χ4v) is 2.74. The van der Waals surface area contributed by atoms with E-state index in [9.17, 15) is 0 Å². The summed E-state index contributed by atoms with van der Waals surface area (Å²) in [6, 6.07) is 19.9. The van der Waals surface area contributed by atoms with Crippen LogP contribution in [0.3, 0.4) is 0 Å². The maximum atomic E-state index is 5.89. The summed E-state index contributed by atoms with van der Waals surface area (Å²) in [5.41, 5.74) is 8.89. The van der Waals surface area contributed by atoms with Crippen molar-refractivity contribution in [3.05, 3.63) is 71.9 Å². The van der Waals surface area contributed by atoms with Gasteiger partial charge >= 0.3 is 0 Å². The van der Waals surface area contributed by atoms with Gasteiger partial charge in [0.1, 0.15) is 11.6 Å². The first kappa shape index (κ1) is 17.7. The lowest BCUT2D eigenvalue weighted by molar-refractivity contribution is 0.315. The van der Waals surface area contributed by atoms with E-state index in [1.165, 1.54) is 5.56 Å². The minimum atomic E-state index is 0.251. The Morgan fingerprint density at radius 1 is 1.00 bits per heavy atom. The largest absolute Gasteiger partial charge is 0.497 e. The van der Waals surface area contributed by atoms with Gasteiger partial charge in [0.05, 0.1) is 12.8 Å². The molecule has 0 radical (unpaired) electrons. The second-order valence-corrected chi connectivity index (χ2v) is 6.12. The van der Waals surface area contributed by atoms with Gasteiger partial charge in [-0.3, -0.25) is 4.90 Å². The lowest BCUT2D eigenvalue weighted by Crippen LogP contribution is -2.18. The molecule has 0 saturated heterocycles. The highest BCUT2D eigenvalue weighted by Crippen LogP contribution is 2.21. The molecule has 1 heterocycles. The minimum Gasteiger partial charge on any atom is -0.497 e. The number of nitrogen functional groups attached to an aromatic ring is 1. The fourth-order valence-electron chi connectivity index (χ4n) is 2.74. The molecular weight excluding hydrogens is 326 g/mol. The average molecular weight is 349 g/mol. The van der Waals surface area contributed by atoms with Gasteiger partial charge in [-0.25, -0.2) is 4.98 Å². The summed E-state index contributed by atoms with van der Waals surface area (Å²) in [5, 5.41) is 3.25. The fraction of sp³-hybridized carbons (Fsp3) is 0.200. The highest BCUT2D eigenvalue weighted by Gasteiger charge is 2.07. The molecule has 0 aliphatic heterocycles. The lowest BCUT2D eigenvalue weighted by Gasteiger charge is -2.17. The average Bonchev–Trinajstić information content (AvgIpc) is 2.62. The number of rotatable bonds is 7. The van der Waals surface area contributed by atoms with Crippen LogP contribution in [-0.2, 0) is 13.1 Å². The van der Waals surface area contributed by atoms with Crippen LogP contribution in [0.1, 0.15) is 11.3 Å². The Hall–Kier alpha value is -3.12. The molecule has 6 heteroatoms. The third kappa shape index (κ3) is 4.94. The van der Waals surface area contributed by atoms with E-state index in [1.807, 2.05) is 48.5 Å². The normalized spacial score (nSPS) is 10.7. The van der Waals surface area contributed by atoms with Crippen molar-refractivity contribution < 1.29 is 4.74 Å². The summed E-state index contributed by atoms with van der Waals surface area (Å²) in [6.07, 6.45) is 0. The van der Waals surface area contributed by atoms with Crippen LogP contribution < -0.4 is 15.8 Å². The maximum Gasteiger partial charge on any atom is 0.222 e. The van der Waals surface area contributed by atoms with E-state index >= 15 is 0 Å². The monoisotopic (exact) mass is 349 g/mol. The summed E-state index contributed by atoms with van der Waals surface area (Å²) in [6.45, 7) is 1.51. The van der Waals surface area contributed by atoms with Gasteiger partial charge in [0.15, 0.2) is 0 Å². The summed E-state index contributed by atoms with van der Waals surface area (Å²) in [5.74, 6) is 1.69. The van der Waals surface area contributed by atoms with Crippen molar-refractivity contribution in [2.75, 3.05) is 25.2 Å². The number of nitrogens with one attached hydrogen (secondary N) is 1. The number of hydrogen-bond donors (Lipinski definition) is 2. The number of aromatic nitrogens is 2. The quantitative estimate of drug-likeness (QED) is 0.680. The molecule has 2 aromatic carbocycles. The van der Waals surface area contributed by atoms with Gasteiger partial charge in [0.25, 0.3) is 0 Å². The number of nitrogens with zero attached hydrogens (tertiary/aromatic N) is 3. The zero-order valence-electron chi connectivity index (χ0n) is 15.0. The summed E-state index contributed by atoms with van der Waals surface area (Å²) < 4.78 is 5.25. The van der Waals surface area contributed by atoms with Crippen molar-refractivity contribution in [2.45, 2.75) is 13.1 Å². The van der Waals surface area contributed by atoms with Crippen LogP contribution in [0.15, 0.2) is 60.7 Å². The molecule has 0 bridgehead atoms. The Kier molecular flexibility index (Phi) is 5.66.